The largest absolute Gasteiger partial charge is 0.345 e. The predicted octanol–water partition coefficient (Wildman–Crippen LogP) is 3.01. The van der Waals surface area contributed by atoms with Gasteiger partial charge in [0.1, 0.15) is 0 Å². The van der Waals surface area contributed by atoms with Gasteiger partial charge < -0.3 is 15.1 Å². The molecule has 0 saturated carbocycles. The van der Waals surface area contributed by atoms with Crippen LogP contribution in [0.25, 0.3) is 0 Å². The van der Waals surface area contributed by atoms with Crippen LogP contribution in [-0.2, 0) is 0 Å². The number of hydrogen-bond donors (Lipinski definition) is 1. The Morgan fingerprint density at radius 1 is 1.25 bits per heavy atom. The summed E-state index contributed by atoms with van der Waals surface area (Å²) in [7, 11) is 0. The number of rotatable bonds is 3. The van der Waals surface area contributed by atoms with Gasteiger partial charge in [0.2, 0.25) is 0 Å². The summed E-state index contributed by atoms with van der Waals surface area (Å²) in [6, 6.07) is 3.06. The van der Waals surface area contributed by atoms with Crippen molar-refractivity contribution in [3.05, 3.63) is 47.0 Å². The standard InChI is InChI=1S/C16H18F2N4OS/c1-11(12-2-3-13(17)14(18)10-12)20-15(23)21-5-7-22(8-6-21)16-19-4-9-24-16/h2-4,9-11H,5-8H2,1H3,(H,20,23). The van der Waals surface area contributed by atoms with E-state index in [2.05, 4.69) is 15.2 Å². The number of aromatic nitrogens is 1. The van der Waals surface area contributed by atoms with Crippen LogP contribution in [0.4, 0.5) is 18.7 Å². The third kappa shape index (κ3) is 3.64. The molecule has 1 aromatic carbocycles. The normalized spacial score (nSPS) is 16.1. The molecule has 1 atom stereocenters. The molecule has 128 valence electrons. The lowest BCUT2D eigenvalue weighted by atomic mass is 10.1. The van der Waals surface area contributed by atoms with E-state index in [4.69, 9.17) is 0 Å². The van der Waals surface area contributed by atoms with Gasteiger partial charge in [-0.2, -0.15) is 0 Å². The van der Waals surface area contributed by atoms with Crippen LogP contribution in [0.3, 0.4) is 0 Å². The molecule has 2 aromatic rings. The van der Waals surface area contributed by atoms with Crippen LogP contribution in [-0.4, -0.2) is 42.1 Å². The first-order chi connectivity index (χ1) is 11.5. The first-order valence-corrected chi connectivity index (χ1v) is 8.57. The Kier molecular flexibility index (Phi) is 4.94. The molecule has 1 fully saturated rings. The molecule has 0 radical (unpaired) electrons. The van der Waals surface area contributed by atoms with Crippen molar-refractivity contribution in [2.24, 2.45) is 0 Å². The minimum absolute atomic E-state index is 0.203. The lowest BCUT2D eigenvalue weighted by Gasteiger charge is -2.35. The second kappa shape index (κ2) is 7.12. The van der Waals surface area contributed by atoms with Crippen molar-refractivity contribution < 1.29 is 13.6 Å². The number of benzene rings is 1. The maximum Gasteiger partial charge on any atom is 0.317 e. The van der Waals surface area contributed by atoms with Crippen molar-refractivity contribution in [1.29, 1.82) is 0 Å². The monoisotopic (exact) mass is 352 g/mol. The van der Waals surface area contributed by atoms with Gasteiger partial charge in [0, 0.05) is 37.8 Å². The van der Waals surface area contributed by atoms with Crippen molar-refractivity contribution in [3.8, 4) is 0 Å². The van der Waals surface area contributed by atoms with Gasteiger partial charge >= 0.3 is 6.03 Å². The third-order valence-electron chi connectivity index (χ3n) is 4.04. The number of halogens is 2. The molecule has 0 bridgehead atoms. The third-order valence-corrected chi connectivity index (χ3v) is 4.87. The highest BCUT2D eigenvalue weighted by Crippen LogP contribution is 2.20. The molecule has 1 aromatic heterocycles. The molecule has 2 amide bonds. The number of hydrogen-bond acceptors (Lipinski definition) is 4. The number of carbonyl (C=O) groups excluding carboxylic acids is 1. The van der Waals surface area contributed by atoms with Crippen LogP contribution in [0, 0.1) is 11.6 Å². The quantitative estimate of drug-likeness (QED) is 0.924. The molecule has 5 nitrogen and oxygen atoms in total. The average Bonchev–Trinajstić information content (AvgIpc) is 3.12. The maximum absolute atomic E-state index is 13.3. The number of nitrogens with zero attached hydrogens (tertiary/aromatic N) is 3. The van der Waals surface area contributed by atoms with Crippen LogP contribution < -0.4 is 10.2 Å². The minimum atomic E-state index is -0.911. The van der Waals surface area contributed by atoms with E-state index in [1.807, 2.05) is 5.38 Å². The van der Waals surface area contributed by atoms with Crippen LogP contribution >= 0.6 is 11.3 Å². The van der Waals surface area contributed by atoms with Crippen LogP contribution in [0.2, 0.25) is 0 Å². The van der Waals surface area contributed by atoms with E-state index in [1.165, 1.54) is 6.07 Å². The highest BCUT2D eigenvalue weighted by Gasteiger charge is 2.23. The van der Waals surface area contributed by atoms with Crippen LogP contribution in [0.1, 0.15) is 18.5 Å². The smallest absolute Gasteiger partial charge is 0.317 e. The SMILES string of the molecule is CC(NC(=O)N1CCN(c2nccs2)CC1)c1ccc(F)c(F)c1. The highest BCUT2D eigenvalue weighted by atomic mass is 32.1. The van der Waals surface area contributed by atoms with E-state index in [1.54, 1.807) is 29.4 Å². The molecular weight excluding hydrogens is 334 g/mol. The average molecular weight is 352 g/mol. The minimum Gasteiger partial charge on any atom is -0.345 e. The summed E-state index contributed by atoms with van der Waals surface area (Å²) < 4.78 is 26.3. The second-order valence-corrected chi connectivity index (χ2v) is 6.51. The fourth-order valence-corrected chi connectivity index (χ4v) is 3.31. The van der Waals surface area contributed by atoms with Crippen molar-refractivity contribution in [2.75, 3.05) is 31.1 Å². The van der Waals surface area contributed by atoms with Crippen LogP contribution in [0.5, 0.6) is 0 Å². The molecule has 0 aliphatic carbocycles. The van der Waals surface area contributed by atoms with Crippen molar-refractivity contribution in [3.63, 3.8) is 0 Å². The van der Waals surface area contributed by atoms with Gasteiger partial charge in [0.15, 0.2) is 16.8 Å². The molecule has 24 heavy (non-hydrogen) atoms. The zero-order valence-electron chi connectivity index (χ0n) is 13.2. The lowest BCUT2D eigenvalue weighted by molar-refractivity contribution is 0.191. The van der Waals surface area contributed by atoms with Gasteiger partial charge in [-0.05, 0) is 24.6 Å². The number of urea groups is 1. The fraction of sp³-hybridized carbons (Fsp3) is 0.375. The summed E-state index contributed by atoms with van der Waals surface area (Å²) in [5.74, 6) is -1.80. The summed E-state index contributed by atoms with van der Waals surface area (Å²) in [5, 5.41) is 5.72. The Morgan fingerprint density at radius 2 is 2.00 bits per heavy atom. The van der Waals surface area contributed by atoms with E-state index in [9.17, 15) is 13.6 Å². The molecule has 1 N–H and O–H groups in total. The number of carbonyl (C=O) groups is 1. The summed E-state index contributed by atoms with van der Waals surface area (Å²) in [5.41, 5.74) is 0.531. The fourth-order valence-electron chi connectivity index (χ4n) is 2.61. The first kappa shape index (κ1) is 16.6. The summed E-state index contributed by atoms with van der Waals surface area (Å²) >= 11 is 1.58. The van der Waals surface area contributed by atoms with Gasteiger partial charge in [-0.25, -0.2) is 18.6 Å². The Bertz CT molecular complexity index is 702. The van der Waals surface area contributed by atoms with E-state index < -0.39 is 17.7 Å². The maximum atomic E-state index is 13.3. The van der Waals surface area contributed by atoms with E-state index >= 15 is 0 Å². The summed E-state index contributed by atoms with van der Waals surface area (Å²) in [6.07, 6.45) is 1.77. The zero-order valence-corrected chi connectivity index (χ0v) is 14.0. The Balaban J connectivity index is 1.54. The summed E-state index contributed by atoms with van der Waals surface area (Å²) in [4.78, 5) is 20.5. The molecule has 1 aliphatic heterocycles. The highest BCUT2D eigenvalue weighted by molar-refractivity contribution is 7.13. The zero-order chi connectivity index (χ0) is 17.1. The molecule has 1 aliphatic rings. The Morgan fingerprint density at radius 3 is 2.62 bits per heavy atom. The van der Waals surface area contributed by atoms with Crippen LogP contribution in [0.15, 0.2) is 29.8 Å². The van der Waals surface area contributed by atoms with E-state index in [0.29, 0.717) is 18.7 Å². The molecular formula is C16H18F2N4OS. The van der Waals surface area contributed by atoms with Gasteiger partial charge in [0.25, 0.3) is 0 Å². The van der Waals surface area contributed by atoms with Crippen molar-refractivity contribution >= 4 is 22.5 Å². The Labute approximate surface area is 142 Å². The number of piperazine rings is 1. The van der Waals surface area contributed by atoms with E-state index in [-0.39, 0.29) is 6.03 Å². The lowest BCUT2D eigenvalue weighted by Crippen LogP contribution is -2.52. The number of nitrogens with one attached hydrogen (secondary N) is 1. The molecule has 1 saturated heterocycles. The number of amides is 2. The molecule has 1 unspecified atom stereocenters. The Hall–Kier alpha value is -2.22. The van der Waals surface area contributed by atoms with E-state index in [0.717, 1.165) is 30.4 Å². The molecule has 8 heteroatoms. The summed E-state index contributed by atoms with van der Waals surface area (Å²) in [6.45, 7) is 4.38. The van der Waals surface area contributed by atoms with Gasteiger partial charge in [-0.15, -0.1) is 11.3 Å². The number of anilines is 1. The first-order valence-electron chi connectivity index (χ1n) is 7.69. The van der Waals surface area contributed by atoms with Gasteiger partial charge in [-0.1, -0.05) is 6.07 Å². The van der Waals surface area contributed by atoms with Gasteiger partial charge in [0.05, 0.1) is 6.04 Å². The van der Waals surface area contributed by atoms with Crippen molar-refractivity contribution in [2.45, 2.75) is 13.0 Å². The molecule has 0 spiro atoms. The van der Waals surface area contributed by atoms with Gasteiger partial charge in [-0.3, -0.25) is 0 Å². The second-order valence-electron chi connectivity index (χ2n) is 5.63. The predicted molar refractivity (Wildman–Crippen MR) is 89.2 cm³/mol. The number of thiazole rings is 1. The van der Waals surface area contributed by atoms with Crippen molar-refractivity contribution in [1.82, 2.24) is 15.2 Å². The molecule has 2 heterocycles. The topological polar surface area (TPSA) is 48.5 Å². The molecule has 3 rings (SSSR count).